The predicted molar refractivity (Wildman–Crippen MR) is 58.8 cm³/mol. The maximum absolute atomic E-state index is 5.96. The van der Waals surface area contributed by atoms with Crippen molar-refractivity contribution in [2.24, 2.45) is 10.9 Å². The van der Waals surface area contributed by atoms with Gasteiger partial charge in [-0.25, -0.2) is 4.99 Å². The van der Waals surface area contributed by atoms with Crippen LogP contribution in [-0.2, 0) is 0 Å². The number of benzene rings is 1. The third kappa shape index (κ3) is 4.09. The van der Waals surface area contributed by atoms with E-state index in [-0.39, 0.29) is 0 Å². The van der Waals surface area contributed by atoms with E-state index in [0.29, 0.717) is 11.1 Å². The predicted octanol–water partition coefficient (Wildman–Crippen LogP) is 4.00. The summed E-state index contributed by atoms with van der Waals surface area (Å²) in [6.07, 6.45) is 0.844. The molecule has 0 bridgehead atoms. The Morgan fingerprint density at radius 2 is 1.92 bits per heavy atom. The first-order valence-electron chi connectivity index (χ1n) is 4.46. The summed E-state index contributed by atoms with van der Waals surface area (Å²) in [5.41, 5.74) is 0.924. The lowest BCUT2D eigenvalue weighted by Gasteiger charge is -2.01. The quantitative estimate of drug-likeness (QED) is 0.647. The van der Waals surface area contributed by atoms with E-state index < -0.39 is 0 Å². The summed E-state index contributed by atoms with van der Waals surface area (Å²) in [6, 6.07) is 9.78. The number of halogens is 1. The molecule has 0 fully saturated rings. The second-order valence-corrected chi connectivity index (χ2v) is 3.86. The Morgan fingerprint density at radius 1 is 1.31 bits per heavy atom. The monoisotopic (exact) mass is 195 g/mol. The third-order valence-corrected chi connectivity index (χ3v) is 1.82. The largest absolute Gasteiger partial charge is 0.241 e. The average molecular weight is 196 g/mol. The summed E-state index contributed by atoms with van der Waals surface area (Å²) in [7, 11) is 0. The molecule has 0 aliphatic heterocycles. The maximum atomic E-state index is 5.96. The molecule has 0 N–H and O–H groups in total. The molecule has 70 valence electrons. The standard InChI is InChI=1S/C11H14ClN/c1-9(2)8-11(12)13-10-6-4-3-5-7-10/h3-7,9H,8H2,1-2H3. The van der Waals surface area contributed by atoms with Crippen LogP contribution in [0.15, 0.2) is 35.3 Å². The van der Waals surface area contributed by atoms with E-state index in [1.165, 1.54) is 0 Å². The normalized spacial score (nSPS) is 12.2. The molecular weight excluding hydrogens is 182 g/mol. The maximum Gasteiger partial charge on any atom is 0.107 e. The summed E-state index contributed by atoms with van der Waals surface area (Å²) >= 11 is 5.96. The lowest BCUT2D eigenvalue weighted by atomic mass is 10.1. The van der Waals surface area contributed by atoms with Gasteiger partial charge >= 0.3 is 0 Å². The molecule has 13 heavy (non-hydrogen) atoms. The van der Waals surface area contributed by atoms with E-state index in [1.807, 2.05) is 30.3 Å². The molecular formula is C11H14ClN. The van der Waals surface area contributed by atoms with Gasteiger partial charge in [-0.1, -0.05) is 43.6 Å². The Labute approximate surface area is 84.5 Å². The highest BCUT2D eigenvalue weighted by atomic mass is 35.5. The van der Waals surface area contributed by atoms with Crippen LogP contribution in [0.1, 0.15) is 20.3 Å². The molecule has 0 saturated carbocycles. The summed E-state index contributed by atoms with van der Waals surface area (Å²) < 4.78 is 0. The van der Waals surface area contributed by atoms with Crippen LogP contribution >= 0.6 is 11.6 Å². The fraction of sp³-hybridized carbons (Fsp3) is 0.364. The Morgan fingerprint density at radius 3 is 2.46 bits per heavy atom. The second-order valence-electron chi connectivity index (χ2n) is 3.42. The van der Waals surface area contributed by atoms with Crippen LogP contribution in [0.25, 0.3) is 0 Å². The van der Waals surface area contributed by atoms with Gasteiger partial charge in [0.25, 0.3) is 0 Å². The molecule has 0 aliphatic rings. The van der Waals surface area contributed by atoms with Crippen molar-refractivity contribution in [2.75, 3.05) is 0 Å². The van der Waals surface area contributed by atoms with Crippen molar-refractivity contribution >= 4 is 22.5 Å². The van der Waals surface area contributed by atoms with Gasteiger partial charge in [-0.05, 0) is 18.1 Å². The molecule has 0 spiro atoms. The van der Waals surface area contributed by atoms with E-state index in [4.69, 9.17) is 11.6 Å². The highest BCUT2D eigenvalue weighted by Crippen LogP contribution is 2.14. The van der Waals surface area contributed by atoms with Crippen molar-refractivity contribution in [1.82, 2.24) is 0 Å². The summed E-state index contributed by atoms with van der Waals surface area (Å²) in [4.78, 5) is 4.28. The van der Waals surface area contributed by atoms with Crippen LogP contribution in [0, 0.1) is 5.92 Å². The van der Waals surface area contributed by atoms with Crippen molar-refractivity contribution in [1.29, 1.82) is 0 Å². The zero-order chi connectivity index (χ0) is 9.68. The number of hydrogen-bond donors (Lipinski definition) is 0. The van der Waals surface area contributed by atoms with E-state index in [9.17, 15) is 0 Å². The van der Waals surface area contributed by atoms with E-state index in [2.05, 4.69) is 18.8 Å². The average Bonchev–Trinajstić information content (AvgIpc) is 2.04. The highest BCUT2D eigenvalue weighted by Gasteiger charge is 1.99. The molecule has 0 aliphatic carbocycles. The third-order valence-electron chi connectivity index (χ3n) is 1.58. The van der Waals surface area contributed by atoms with Gasteiger partial charge in [0, 0.05) is 6.42 Å². The van der Waals surface area contributed by atoms with Gasteiger partial charge in [-0.15, -0.1) is 0 Å². The molecule has 0 unspecified atom stereocenters. The van der Waals surface area contributed by atoms with Crippen molar-refractivity contribution < 1.29 is 0 Å². The number of rotatable bonds is 3. The Bertz CT molecular complexity index is 277. The van der Waals surface area contributed by atoms with Crippen LogP contribution in [-0.4, -0.2) is 5.17 Å². The van der Waals surface area contributed by atoms with Crippen LogP contribution in [0.4, 0.5) is 5.69 Å². The zero-order valence-corrected chi connectivity index (χ0v) is 8.75. The van der Waals surface area contributed by atoms with E-state index in [1.54, 1.807) is 0 Å². The van der Waals surface area contributed by atoms with Crippen LogP contribution < -0.4 is 0 Å². The van der Waals surface area contributed by atoms with Crippen LogP contribution in [0.2, 0.25) is 0 Å². The van der Waals surface area contributed by atoms with Gasteiger partial charge < -0.3 is 0 Å². The topological polar surface area (TPSA) is 12.4 Å². The van der Waals surface area contributed by atoms with Crippen molar-refractivity contribution in [3.05, 3.63) is 30.3 Å². The van der Waals surface area contributed by atoms with Crippen LogP contribution in [0.5, 0.6) is 0 Å². The number of para-hydroxylation sites is 1. The Hall–Kier alpha value is -0.820. The number of hydrogen-bond acceptors (Lipinski definition) is 1. The first-order valence-corrected chi connectivity index (χ1v) is 4.84. The van der Waals surface area contributed by atoms with Crippen molar-refractivity contribution in [3.63, 3.8) is 0 Å². The first-order chi connectivity index (χ1) is 6.18. The minimum atomic E-state index is 0.556. The van der Waals surface area contributed by atoms with E-state index >= 15 is 0 Å². The molecule has 1 rings (SSSR count). The lowest BCUT2D eigenvalue weighted by Crippen LogP contribution is -1.94. The minimum Gasteiger partial charge on any atom is -0.241 e. The van der Waals surface area contributed by atoms with E-state index in [0.717, 1.165) is 12.1 Å². The zero-order valence-electron chi connectivity index (χ0n) is 8.00. The SMILES string of the molecule is CC(C)CC(Cl)=Nc1ccccc1. The molecule has 1 nitrogen and oxygen atoms in total. The fourth-order valence-corrected chi connectivity index (χ4v) is 1.43. The molecule has 0 radical (unpaired) electrons. The molecule has 0 aromatic heterocycles. The second kappa shape index (κ2) is 5.03. The minimum absolute atomic E-state index is 0.556. The lowest BCUT2D eigenvalue weighted by molar-refractivity contribution is 0.688. The molecule has 0 saturated heterocycles. The van der Waals surface area contributed by atoms with Crippen molar-refractivity contribution in [3.8, 4) is 0 Å². The summed E-state index contributed by atoms with van der Waals surface area (Å²) in [5, 5.41) is 0.682. The van der Waals surface area contributed by atoms with Gasteiger partial charge in [0.1, 0.15) is 5.17 Å². The van der Waals surface area contributed by atoms with Gasteiger partial charge in [-0.2, -0.15) is 0 Å². The molecule has 0 amide bonds. The molecule has 1 aromatic rings. The number of aliphatic imine (C=N–C) groups is 1. The fourth-order valence-electron chi connectivity index (χ4n) is 1.03. The van der Waals surface area contributed by atoms with Crippen LogP contribution in [0.3, 0.4) is 0 Å². The molecule has 1 aromatic carbocycles. The van der Waals surface area contributed by atoms with Gasteiger partial charge in [0.05, 0.1) is 5.69 Å². The molecule has 0 atom stereocenters. The van der Waals surface area contributed by atoms with Gasteiger partial charge in [0.15, 0.2) is 0 Å². The van der Waals surface area contributed by atoms with Gasteiger partial charge in [0.2, 0.25) is 0 Å². The first kappa shape index (κ1) is 10.3. The van der Waals surface area contributed by atoms with Crippen molar-refractivity contribution in [2.45, 2.75) is 20.3 Å². The summed E-state index contributed by atoms with van der Waals surface area (Å²) in [5.74, 6) is 0.556. The Kier molecular flexibility index (Phi) is 3.97. The molecule has 0 heterocycles. The summed E-state index contributed by atoms with van der Waals surface area (Å²) in [6.45, 7) is 4.26. The van der Waals surface area contributed by atoms with Gasteiger partial charge in [-0.3, -0.25) is 0 Å². The number of nitrogens with zero attached hydrogens (tertiary/aromatic N) is 1. The molecule has 2 heteroatoms. The Balaban J connectivity index is 2.66. The highest BCUT2D eigenvalue weighted by molar-refractivity contribution is 6.65. The smallest absolute Gasteiger partial charge is 0.107 e.